The summed E-state index contributed by atoms with van der Waals surface area (Å²) in [6, 6.07) is 17.6. The molecule has 0 aliphatic carbocycles. The molecule has 1 aliphatic rings. The summed E-state index contributed by atoms with van der Waals surface area (Å²) in [5.41, 5.74) is 3.53. The van der Waals surface area contributed by atoms with Crippen molar-refractivity contribution in [3.05, 3.63) is 77.5 Å². The Hall–Kier alpha value is -2.55. The highest BCUT2D eigenvalue weighted by Gasteiger charge is 2.26. The van der Waals surface area contributed by atoms with Gasteiger partial charge in [-0.05, 0) is 30.7 Å². The zero-order chi connectivity index (χ0) is 13.9. The first-order valence-corrected chi connectivity index (χ1v) is 6.54. The highest BCUT2D eigenvalue weighted by molar-refractivity contribution is 5.94. The first kappa shape index (κ1) is 12.5. The monoisotopic (exact) mass is 265 g/mol. The van der Waals surface area contributed by atoms with Gasteiger partial charge in [0.25, 0.3) is 0 Å². The summed E-state index contributed by atoms with van der Waals surface area (Å²) in [7, 11) is 0. The van der Waals surface area contributed by atoms with Gasteiger partial charge in [0.05, 0.1) is 0 Å². The van der Waals surface area contributed by atoms with E-state index in [1.807, 2.05) is 67.6 Å². The predicted molar refractivity (Wildman–Crippen MR) is 78.2 cm³/mol. The number of hydrogen-bond acceptors (Lipinski definition) is 3. The molecule has 0 spiro atoms. The molecule has 1 N–H and O–H groups in total. The molecule has 1 atom stereocenters. The summed E-state index contributed by atoms with van der Waals surface area (Å²) in [5, 5.41) is 3.09. The van der Waals surface area contributed by atoms with Crippen molar-refractivity contribution in [1.29, 1.82) is 0 Å². The van der Waals surface area contributed by atoms with Crippen LogP contribution in [0.4, 0.5) is 5.69 Å². The minimum atomic E-state index is -0.320. The summed E-state index contributed by atoms with van der Waals surface area (Å²) in [4.78, 5) is 11.9. The number of benzene rings is 2. The van der Waals surface area contributed by atoms with E-state index in [9.17, 15) is 4.79 Å². The van der Waals surface area contributed by atoms with Crippen LogP contribution >= 0.6 is 0 Å². The molecule has 20 heavy (non-hydrogen) atoms. The molecule has 0 aromatic heterocycles. The van der Waals surface area contributed by atoms with Crippen LogP contribution in [-0.4, -0.2) is 5.97 Å². The molecular formula is C17H15NO2. The number of aryl methyl sites for hydroxylation is 1. The smallest absolute Gasteiger partial charge is 0.355 e. The molecule has 0 amide bonds. The van der Waals surface area contributed by atoms with Crippen LogP contribution in [0.5, 0.6) is 0 Å². The average Bonchev–Trinajstić information content (AvgIpc) is 2.82. The van der Waals surface area contributed by atoms with Crippen molar-refractivity contribution in [2.75, 3.05) is 5.32 Å². The highest BCUT2D eigenvalue weighted by Crippen LogP contribution is 2.28. The molecule has 0 bridgehead atoms. The van der Waals surface area contributed by atoms with Gasteiger partial charge < -0.3 is 10.1 Å². The van der Waals surface area contributed by atoms with Gasteiger partial charge in [0.2, 0.25) is 0 Å². The number of cyclic esters (lactones) is 1. The summed E-state index contributed by atoms with van der Waals surface area (Å²) in [5.74, 6) is -0.320. The lowest BCUT2D eigenvalue weighted by atomic mass is 10.1. The Balaban J connectivity index is 1.80. The van der Waals surface area contributed by atoms with Crippen molar-refractivity contribution in [3.63, 3.8) is 0 Å². The summed E-state index contributed by atoms with van der Waals surface area (Å²) in [6.45, 7) is 2.03. The van der Waals surface area contributed by atoms with E-state index in [2.05, 4.69) is 5.32 Å². The van der Waals surface area contributed by atoms with E-state index in [0.717, 1.165) is 11.3 Å². The average molecular weight is 265 g/mol. The molecule has 2 aromatic carbocycles. The van der Waals surface area contributed by atoms with Crippen LogP contribution in [0.1, 0.15) is 17.2 Å². The number of carbonyl (C=O) groups excluding carboxylic acids is 1. The summed E-state index contributed by atoms with van der Waals surface area (Å²) < 4.78 is 5.38. The third kappa shape index (κ3) is 2.57. The third-order valence-electron chi connectivity index (χ3n) is 3.23. The highest BCUT2D eigenvalue weighted by atomic mass is 16.5. The molecule has 100 valence electrons. The summed E-state index contributed by atoms with van der Waals surface area (Å²) in [6.07, 6.45) is 1.51. The first-order valence-electron chi connectivity index (χ1n) is 6.54. The van der Waals surface area contributed by atoms with Gasteiger partial charge in [-0.25, -0.2) is 4.79 Å². The molecule has 1 unspecified atom stereocenters. The van der Waals surface area contributed by atoms with Gasteiger partial charge in [0.1, 0.15) is 11.8 Å². The summed E-state index contributed by atoms with van der Waals surface area (Å²) >= 11 is 0. The van der Waals surface area contributed by atoms with Gasteiger partial charge in [-0.3, -0.25) is 0 Å². The molecule has 0 saturated heterocycles. The lowest BCUT2D eigenvalue weighted by Gasteiger charge is -2.08. The Morgan fingerprint density at radius 2 is 1.70 bits per heavy atom. The van der Waals surface area contributed by atoms with Crippen molar-refractivity contribution in [3.8, 4) is 0 Å². The van der Waals surface area contributed by atoms with Crippen molar-refractivity contribution in [2.24, 2.45) is 0 Å². The Labute approximate surface area is 117 Å². The topological polar surface area (TPSA) is 38.3 Å². The lowest BCUT2D eigenvalue weighted by molar-refractivity contribution is -0.139. The van der Waals surface area contributed by atoms with Gasteiger partial charge >= 0.3 is 5.97 Å². The van der Waals surface area contributed by atoms with Crippen LogP contribution in [-0.2, 0) is 9.53 Å². The zero-order valence-corrected chi connectivity index (χ0v) is 11.2. The standard InChI is InChI=1S/C17H15NO2/c1-12-7-9-13(10-8-12)16-11-15(17(19)20-16)18-14-5-3-2-4-6-14/h2-11,16,18H,1H3. The van der Waals surface area contributed by atoms with E-state index in [4.69, 9.17) is 4.74 Å². The number of hydrogen-bond donors (Lipinski definition) is 1. The van der Waals surface area contributed by atoms with Crippen LogP contribution in [0.25, 0.3) is 0 Å². The van der Waals surface area contributed by atoms with Crippen LogP contribution in [0.2, 0.25) is 0 Å². The second-order valence-electron chi connectivity index (χ2n) is 4.81. The van der Waals surface area contributed by atoms with E-state index in [1.54, 1.807) is 0 Å². The SMILES string of the molecule is Cc1ccc(C2C=C(Nc3ccccc3)C(=O)O2)cc1. The molecule has 3 nitrogen and oxygen atoms in total. The molecule has 1 heterocycles. The maximum Gasteiger partial charge on any atom is 0.355 e. The second-order valence-corrected chi connectivity index (χ2v) is 4.81. The molecule has 3 heteroatoms. The van der Waals surface area contributed by atoms with E-state index in [0.29, 0.717) is 5.70 Å². The number of anilines is 1. The zero-order valence-electron chi connectivity index (χ0n) is 11.2. The molecule has 3 rings (SSSR count). The Morgan fingerprint density at radius 1 is 1.00 bits per heavy atom. The number of esters is 1. The Morgan fingerprint density at radius 3 is 2.40 bits per heavy atom. The van der Waals surface area contributed by atoms with Gasteiger partial charge in [-0.1, -0.05) is 48.0 Å². The van der Waals surface area contributed by atoms with E-state index in [1.165, 1.54) is 5.56 Å². The fourth-order valence-electron chi connectivity index (χ4n) is 2.12. The van der Waals surface area contributed by atoms with Crippen LogP contribution < -0.4 is 5.32 Å². The molecule has 0 saturated carbocycles. The maximum atomic E-state index is 11.9. The Kier molecular flexibility index (Phi) is 3.25. The van der Waals surface area contributed by atoms with Crippen LogP contribution in [0.3, 0.4) is 0 Å². The first-order chi connectivity index (χ1) is 9.72. The molecule has 0 fully saturated rings. The third-order valence-corrected chi connectivity index (χ3v) is 3.23. The minimum absolute atomic E-state index is 0.311. The number of rotatable bonds is 3. The van der Waals surface area contributed by atoms with E-state index in [-0.39, 0.29) is 12.1 Å². The lowest BCUT2D eigenvalue weighted by Crippen LogP contribution is -2.08. The minimum Gasteiger partial charge on any atom is -0.448 e. The fourth-order valence-corrected chi connectivity index (χ4v) is 2.12. The predicted octanol–water partition coefficient (Wildman–Crippen LogP) is 3.59. The van der Waals surface area contributed by atoms with Crippen molar-refractivity contribution in [1.82, 2.24) is 0 Å². The fraction of sp³-hybridized carbons (Fsp3) is 0.118. The molecule has 2 aromatic rings. The van der Waals surface area contributed by atoms with Crippen LogP contribution in [0.15, 0.2) is 66.4 Å². The van der Waals surface area contributed by atoms with E-state index < -0.39 is 0 Å². The van der Waals surface area contributed by atoms with Crippen LogP contribution in [0, 0.1) is 6.92 Å². The number of carbonyl (C=O) groups is 1. The van der Waals surface area contributed by atoms with Gasteiger partial charge in [-0.15, -0.1) is 0 Å². The van der Waals surface area contributed by atoms with Gasteiger partial charge in [0, 0.05) is 5.69 Å². The molecular weight excluding hydrogens is 250 g/mol. The number of para-hydroxylation sites is 1. The number of ether oxygens (including phenoxy) is 1. The van der Waals surface area contributed by atoms with E-state index >= 15 is 0 Å². The second kappa shape index (κ2) is 5.21. The molecule has 1 aliphatic heterocycles. The van der Waals surface area contributed by atoms with Gasteiger partial charge in [0.15, 0.2) is 0 Å². The van der Waals surface area contributed by atoms with Crippen molar-refractivity contribution in [2.45, 2.75) is 13.0 Å². The number of nitrogens with one attached hydrogen (secondary N) is 1. The largest absolute Gasteiger partial charge is 0.448 e. The van der Waals surface area contributed by atoms with Gasteiger partial charge in [-0.2, -0.15) is 0 Å². The van der Waals surface area contributed by atoms with Crippen molar-refractivity contribution < 1.29 is 9.53 Å². The Bertz CT molecular complexity index is 644. The van der Waals surface area contributed by atoms with Crippen molar-refractivity contribution >= 4 is 11.7 Å². The quantitative estimate of drug-likeness (QED) is 0.862. The normalized spacial score (nSPS) is 17.6. The molecule has 0 radical (unpaired) electrons. The maximum absolute atomic E-state index is 11.9.